The minimum atomic E-state index is -1.01. The molecule has 1 atom stereocenters. The van der Waals surface area contributed by atoms with Crippen molar-refractivity contribution >= 4 is 34.9 Å². The van der Waals surface area contributed by atoms with Gasteiger partial charge in [-0.2, -0.15) is 10.1 Å². The van der Waals surface area contributed by atoms with Gasteiger partial charge in [0.05, 0.1) is 19.9 Å². The fourth-order valence-electron chi connectivity index (χ4n) is 3.34. The molecule has 35 heavy (non-hydrogen) atoms. The number of aromatic amines is 1. The molecule has 11 nitrogen and oxygen atoms in total. The van der Waals surface area contributed by atoms with Crippen molar-refractivity contribution < 1.29 is 14.6 Å². The van der Waals surface area contributed by atoms with Crippen molar-refractivity contribution in [1.29, 1.82) is 0 Å². The zero-order valence-corrected chi connectivity index (χ0v) is 19.7. The lowest BCUT2D eigenvalue weighted by Crippen LogP contribution is -2.30. The van der Waals surface area contributed by atoms with Gasteiger partial charge < -0.3 is 19.1 Å². The second-order valence-electron chi connectivity index (χ2n) is 7.60. The second kappa shape index (κ2) is 10.5. The highest BCUT2D eigenvalue weighted by Gasteiger charge is 2.20. The summed E-state index contributed by atoms with van der Waals surface area (Å²) in [5.41, 5.74) is 2.61. The third-order valence-corrected chi connectivity index (χ3v) is 5.40. The molecule has 0 bridgehead atoms. The molecule has 12 heteroatoms. The van der Waals surface area contributed by atoms with Crippen LogP contribution >= 0.6 is 11.6 Å². The van der Waals surface area contributed by atoms with E-state index in [0.717, 1.165) is 5.56 Å². The van der Waals surface area contributed by atoms with Crippen LogP contribution in [0.2, 0.25) is 5.02 Å². The van der Waals surface area contributed by atoms with Crippen LogP contribution in [0, 0.1) is 0 Å². The van der Waals surface area contributed by atoms with Gasteiger partial charge in [0.25, 0.3) is 5.56 Å². The number of hydrazone groups is 1. The van der Waals surface area contributed by atoms with E-state index in [2.05, 4.69) is 20.5 Å². The topological polar surface area (TPSA) is 136 Å². The summed E-state index contributed by atoms with van der Waals surface area (Å²) in [5, 5.41) is 15.4. The molecule has 3 N–H and O–H groups in total. The Labute approximate surface area is 204 Å². The second-order valence-corrected chi connectivity index (χ2v) is 8.03. The number of benzene rings is 2. The highest BCUT2D eigenvalue weighted by Crippen LogP contribution is 2.18. The quantitative estimate of drug-likeness (QED) is 0.237. The van der Waals surface area contributed by atoms with Crippen molar-refractivity contribution in [2.45, 2.75) is 12.6 Å². The minimum absolute atomic E-state index is 0.0498. The Hall–Kier alpha value is -4.09. The molecule has 1 unspecified atom stereocenters. The number of nitrogens with zero attached hydrogens (tertiary/aromatic N) is 4. The number of H-pyrrole nitrogens is 1. The molecule has 182 valence electrons. The molecule has 2 heterocycles. The van der Waals surface area contributed by atoms with Crippen molar-refractivity contribution in [1.82, 2.24) is 19.1 Å². The predicted octanol–water partition coefficient (Wildman–Crippen LogP) is 1.97. The summed E-state index contributed by atoms with van der Waals surface area (Å²) in [6, 6.07) is 13.9. The SMILES string of the molecule is COc1ccc(/C=N\Nc2nc3c(c(=O)[nH]c(=O)n3C)n2CC(O)COc2ccc(Cl)cc2)cc1. The molecule has 0 spiro atoms. The lowest BCUT2D eigenvalue weighted by molar-refractivity contribution is 0.0938. The fraction of sp³-hybridized carbons (Fsp3) is 0.217. The van der Waals surface area contributed by atoms with Crippen LogP contribution in [0.1, 0.15) is 5.56 Å². The van der Waals surface area contributed by atoms with E-state index in [-0.39, 0.29) is 30.3 Å². The van der Waals surface area contributed by atoms with Crippen molar-refractivity contribution in [2.75, 3.05) is 19.1 Å². The summed E-state index contributed by atoms with van der Waals surface area (Å²) in [6.07, 6.45) is 0.553. The Morgan fingerprint density at radius 3 is 2.54 bits per heavy atom. The zero-order valence-electron chi connectivity index (χ0n) is 18.9. The van der Waals surface area contributed by atoms with Crippen LogP contribution in [0.3, 0.4) is 0 Å². The van der Waals surface area contributed by atoms with Crippen molar-refractivity contribution in [3.05, 3.63) is 80.0 Å². The highest BCUT2D eigenvalue weighted by molar-refractivity contribution is 6.30. The number of fused-ring (bicyclic) bond motifs is 1. The van der Waals surface area contributed by atoms with Gasteiger partial charge in [0.15, 0.2) is 11.2 Å². The van der Waals surface area contributed by atoms with E-state index in [4.69, 9.17) is 21.1 Å². The first-order valence-electron chi connectivity index (χ1n) is 10.5. The maximum Gasteiger partial charge on any atom is 0.329 e. The lowest BCUT2D eigenvalue weighted by Gasteiger charge is -2.15. The van der Waals surface area contributed by atoms with Crippen LogP contribution in [0.25, 0.3) is 11.2 Å². The van der Waals surface area contributed by atoms with Crippen LogP contribution < -0.4 is 26.1 Å². The van der Waals surface area contributed by atoms with Crippen molar-refractivity contribution in [3.63, 3.8) is 0 Å². The Bertz CT molecular complexity index is 1460. The number of aryl methyl sites for hydroxylation is 1. The molecule has 2 aromatic carbocycles. The Morgan fingerprint density at radius 1 is 1.17 bits per heavy atom. The zero-order chi connectivity index (χ0) is 24.9. The van der Waals surface area contributed by atoms with Gasteiger partial charge in [-0.3, -0.25) is 14.3 Å². The standard InChI is InChI=1S/C23H23ClN6O5/c1-29-20-19(21(32)27-23(29)33)30(12-16(31)13-35-18-9-5-15(24)6-10-18)22(26-20)28-25-11-14-3-7-17(34-2)8-4-14/h3-11,16,31H,12-13H2,1-2H3,(H,26,28)(H,27,32,33)/b25-11-. The van der Waals surface area contributed by atoms with Crippen molar-refractivity contribution in [2.24, 2.45) is 12.1 Å². The molecule has 4 rings (SSSR count). The molecule has 4 aromatic rings. The summed E-state index contributed by atoms with van der Waals surface area (Å²) in [7, 11) is 3.07. The van der Waals surface area contributed by atoms with Crippen LogP contribution in [-0.4, -0.2) is 50.2 Å². The molecular weight excluding hydrogens is 476 g/mol. The van der Waals surface area contributed by atoms with E-state index in [1.807, 2.05) is 12.1 Å². The molecule has 0 aliphatic rings. The molecular formula is C23H23ClN6O5. The summed E-state index contributed by atoms with van der Waals surface area (Å²) < 4.78 is 13.4. The average molecular weight is 499 g/mol. The van der Waals surface area contributed by atoms with Gasteiger partial charge in [0.2, 0.25) is 5.95 Å². The largest absolute Gasteiger partial charge is 0.497 e. The molecule has 0 aliphatic heterocycles. The molecule has 0 saturated carbocycles. The smallest absolute Gasteiger partial charge is 0.329 e. The molecule has 0 saturated heterocycles. The molecule has 0 fully saturated rings. The van der Waals surface area contributed by atoms with Crippen LogP contribution in [0.4, 0.5) is 5.95 Å². The summed E-state index contributed by atoms with van der Waals surface area (Å²) in [5.74, 6) is 1.42. The van der Waals surface area contributed by atoms with Gasteiger partial charge in [-0.05, 0) is 54.1 Å². The van der Waals surface area contributed by atoms with Crippen molar-refractivity contribution in [3.8, 4) is 11.5 Å². The van der Waals surface area contributed by atoms with E-state index in [1.54, 1.807) is 49.7 Å². The minimum Gasteiger partial charge on any atom is -0.497 e. The number of aliphatic hydroxyl groups excluding tert-OH is 1. The first kappa shape index (κ1) is 24.0. The number of halogens is 1. The third kappa shape index (κ3) is 5.53. The van der Waals surface area contributed by atoms with E-state index in [9.17, 15) is 14.7 Å². The average Bonchev–Trinajstić information content (AvgIpc) is 3.21. The fourth-order valence-corrected chi connectivity index (χ4v) is 3.46. The Kier molecular flexibility index (Phi) is 7.18. The number of methoxy groups -OCH3 is 1. The number of aliphatic hydroxyl groups is 1. The maximum absolute atomic E-state index is 12.6. The van der Waals surface area contributed by atoms with E-state index >= 15 is 0 Å². The van der Waals surface area contributed by atoms with Crippen LogP contribution in [-0.2, 0) is 13.6 Å². The van der Waals surface area contributed by atoms with E-state index in [0.29, 0.717) is 16.5 Å². The number of nitrogens with one attached hydrogen (secondary N) is 2. The number of rotatable bonds is 9. The monoisotopic (exact) mass is 498 g/mol. The third-order valence-electron chi connectivity index (χ3n) is 5.15. The number of imidazole rings is 1. The summed E-state index contributed by atoms with van der Waals surface area (Å²) in [6.45, 7) is -0.106. The van der Waals surface area contributed by atoms with Gasteiger partial charge in [-0.1, -0.05) is 11.6 Å². The number of anilines is 1. The Balaban J connectivity index is 1.59. The first-order valence-corrected chi connectivity index (χ1v) is 10.9. The lowest BCUT2D eigenvalue weighted by atomic mass is 10.2. The van der Waals surface area contributed by atoms with E-state index < -0.39 is 17.4 Å². The molecule has 0 radical (unpaired) electrons. The first-order chi connectivity index (χ1) is 16.9. The number of aromatic nitrogens is 4. The summed E-state index contributed by atoms with van der Waals surface area (Å²) in [4.78, 5) is 31.3. The van der Waals surface area contributed by atoms with Crippen LogP contribution in [0.15, 0.2) is 63.2 Å². The van der Waals surface area contributed by atoms with Gasteiger partial charge in [-0.25, -0.2) is 10.2 Å². The van der Waals surface area contributed by atoms with Gasteiger partial charge in [-0.15, -0.1) is 0 Å². The number of hydrogen-bond acceptors (Lipinski definition) is 8. The number of ether oxygens (including phenoxy) is 2. The van der Waals surface area contributed by atoms with E-state index in [1.165, 1.54) is 16.2 Å². The molecule has 0 amide bonds. The maximum atomic E-state index is 12.6. The predicted molar refractivity (Wildman–Crippen MR) is 133 cm³/mol. The molecule has 0 aliphatic carbocycles. The highest BCUT2D eigenvalue weighted by atomic mass is 35.5. The molecule has 2 aromatic heterocycles. The number of hydrogen-bond donors (Lipinski definition) is 3. The normalized spacial score (nSPS) is 12.2. The summed E-state index contributed by atoms with van der Waals surface area (Å²) >= 11 is 5.88. The Morgan fingerprint density at radius 2 is 1.86 bits per heavy atom. The van der Waals surface area contributed by atoms with Gasteiger partial charge in [0, 0.05) is 12.1 Å². The van der Waals surface area contributed by atoms with Crippen LogP contribution in [0.5, 0.6) is 11.5 Å². The van der Waals surface area contributed by atoms with Gasteiger partial charge >= 0.3 is 5.69 Å². The van der Waals surface area contributed by atoms with Gasteiger partial charge in [0.1, 0.15) is 24.2 Å².